The van der Waals surface area contributed by atoms with E-state index in [1.807, 2.05) is 11.3 Å². The minimum atomic E-state index is 0.630. The van der Waals surface area contributed by atoms with E-state index in [9.17, 15) is 0 Å². The first-order valence-corrected chi connectivity index (χ1v) is 11.1. The highest BCUT2D eigenvalue weighted by atomic mass is 15.2. The average molecular weight is 328 g/mol. The van der Waals surface area contributed by atoms with Crippen LogP contribution in [-0.2, 0) is 0 Å². The first-order chi connectivity index (χ1) is 11.7. The summed E-state index contributed by atoms with van der Waals surface area (Å²) in [5, 5.41) is 0. The van der Waals surface area contributed by atoms with E-state index in [1.54, 1.807) is 32.1 Å². The molecule has 3 unspecified atom stereocenters. The summed E-state index contributed by atoms with van der Waals surface area (Å²) in [4.78, 5) is 2.84. The van der Waals surface area contributed by atoms with Crippen molar-refractivity contribution >= 4 is 0 Å². The monoisotopic (exact) mass is 327 g/mol. The molecular weight excluding hydrogens is 290 g/mol. The smallest absolute Gasteiger partial charge is 0.0232 e. The molecule has 1 heterocycles. The summed E-state index contributed by atoms with van der Waals surface area (Å²) >= 11 is 0. The van der Waals surface area contributed by atoms with Gasteiger partial charge in [-0.25, -0.2) is 0 Å². The molecule has 134 valence electrons. The zero-order valence-electron chi connectivity index (χ0n) is 16.1. The first-order valence-electron chi connectivity index (χ1n) is 11.1. The first kappa shape index (κ1) is 15.8. The average Bonchev–Trinajstić information content (AvgIpc) is 3.23. The van der Waals surface area contributed by atoms with Gasteiger partial charge in [-0.05, 0) is 106 Å². The van der Waals surface area contributed by atoms with Gasteiger partial charge in [0.05, 0.1) is 0 Å². The zero-order chi connectivity index (χ0) is 16.4. The van der Waals surface area contributed by atoms with Crippen LogP contribution >= 0.6 is 0 Å². The lowest BCUT2D eigenvalue weighted by atomic mass is 9.43. The topological polar surface area (TPSA) is 3.24 Å². The second-order valence-electron chi connectivity index (χ2n) is 10.2. The summed E-state index contributed by atoms with van der Waals surface area (Å²) in [5.74, 6) is 3.39. The van der Waals surface area contributed by atoms with Crippen LogP contribution in [-0.4, -0.2) is 18.0 Å². The highest BCUT2D eigenvalue weighted by Crippen LogP contribution is 2.73. The Morgan fingerprint density at radius 1 is 1.08 bits per heavy atom. The predicted octanol–water partition coefficient (Wildman–Crippen LogP) is 6.15. The van der Waals surface area contributed by atoms with Gasteiger partial charge in [-0.15, -0.1) is 0 Å². The van der Waals surface area contributed by atoms with Gasteiger partial charge in [0, 0.05) is 18.8 Å². The number of hydrogen-bond donors (Lipinski definition) is 0. The van der Waals surface area contributed by atoms with Crippen molar-refractivity contribution in [1.82, 2.24) is 4.90 Å². The van der Waals surface area contributed by atoms with Crippen LogP contribution in [0.3, 0.4) is 0 Å². The van der Waals surface area contributed by atoms with Gasteiger partial charge < -0.3 is 4.90 Å². The van der Waals surface area contributed by atoms with E-state index in [4.69, 9.17) is 0 Å². The number of likely N-dealkylation sites (tertiary alicyclic amines) is 1. The molecule has 1 nitrogen and oxygen atoms in total. The fraction of sp³-hybridized carbons (Fsp3) is 0.913. The number of hydrogen-bond acceptors (Lipinski definition) is 1. The molecular formula is C23H37N. The molecule has 0 aromatic rings. The minimum absolute atomic E-state index is 0.630. The Labute approximate surface area is 149 Å². The quantitative estimate of drug-likeness (QED) is 0.565. The van der Waals surface area contributed by atoms with E-state index in [0.717, 1.165) is 17.3 Å². The third-order valence-corrected chi connectivity index (χ3v) is 9.46. The summed E-state index contributed by atoms with van der Waals surface area (Å²) in [5.41, 5.74) is 5.18. The molecule has 0 aromatic carbocycles. The second-order valence-corrected chi connectivity index (χ2v) is 10.2. The Hall–Kier alpha value is -0.460. The maximum Gasteiger partial charge on any atom is 0.0232 e. The number of nitrogens with zero attached hydrogens (tertiary/aromatic N) is 1. The number of rotatable bonds is 6. The minimum Gasteiger partial charge on any atom is -0.374 e. The van der Waals surface area contributed by atoms with Crippen molar-refractivity contribution in [3.05, 3.63) is 11.3 Å². The van der Waals surface area contributed by atoms with E-state index < -0.39 is 0 Å². The number of allylic oxidation sites excluding steroid dienone is 2. The zero-order valence-corrected chi connectivity index (χ0v) is 16.1. The molecule has 0 bridgehead atoms. The van der Waals surface area contributed by atoms with E-state index >= 15 is 0 Å². The van der Waals surface area contributed by atoms with Gasteiger partial charge in [0.25, 0.3) is 0 Å². The highest BCUT2D eigenvalue weighted by molar-refractivity contribution is 5.26. The second kappa shape index (κ2) is 5.52. The van der Waals surface area contributed by atoms with Gasteiger partial charge in [0.1, 0.15) is 0 Å². The van der Waals surface area contributed by atoms with Crippen LogP contribution < -0.4 is 0 Å². The molecule has 0 radical (unpaired) electrons. The Kier molecular flexibility index (Phi) is 3.62. The lowest BCUT2D eigenvalue weighted by Gasteiger charge is -2.61. The molecule has 4 saturated carbocycles. The third-order valence-electron chi connectivity index (χ3n) is 9.46. The van der Waals surface area contributed by atoms with Crippen LogP contribution in [0.25, 0.3) is 0 Å². The molecule has 0 aromatic heterocycles. The van der Waals surface area contributed by atoms with Crippen molar-refractivity contribution in [3.63, 3.8) is 0 Å². The van der Waals surface area contributed by atoms with Crippen molar-refractivity contribution in [3.8, 4) is 0 Å². The van der Waals surface area contributed by atoms with Crippen molar-refractivity contribution in [2.75, 3.05) is 13.1 Å². The van der Waals surface area contributed by atoms with Crippen LogP contribution in [0.15, 0.2) is 11.3 Å². The third kappa shape index (κ3) is 2.25. The SMILES string of the molecule is CCC1(CC)CCN(C(CCC2C[C@@H]3CC4CCC43C2)=C2CC2)C1. The summed E-state index contributed by atoms with van der Waals surface area (Å²) in [6.45, 7) is 7.54. The largest absolute Gasteiger partial charge is 0.374 e. The van der Waals surface area contributed by atoms with Gasteiger partial charge in [-0.3, -0.25) is 0 Å². The lowest BCUT2D eigenvalue weighted by molar-refractivity contribution is -0.120. The highest BCUT2D eigenvalue weighted by Gasteiger charge is 2.63. The summed E-state index contributed by atoms with van der Waals surface area (Å²) in [7, 11) is 0. The molecule has 1 heteroatoms. The van der Waals surface area contributed by atoms with Crippen molar-refractivity contribution < 1.29 is 0 Å². The maximum atomic E-state index is 2.84. The van der Waals surface area contributed by atoms with Crippen molar-refractivity contribution in [2.45, 2.75) is 90.9 Å². The standard InChI is InChI=1S/C23H37N/c1-3-22(4-2)11-12-24(16-22)21(18-6-7-18)8-5-17-13-20-14-19-9-10-23(19,20)15-17/h17,19-20H,3-16H2,1-2H3/t17?,19?,20-,23?/m1/s1. The normalized spacial score (nSPS) is 41.5. The van der Waals surface area contributed by atoms with Crippen molar-refractivity contribution in [1.29, 1.82) is 0 Å². The van der Waals surface area contributed by atoms with Crippen LogP contribution in [0.4, 0.5) is 0 Å². The molecule has 4 atom stereocenters. The molecule has 5 fully saturated rings. The van der Waals surface area contributed by atoms with Gasteiger partial charge in [0.15, 0.2) is 0 Å². The fourth-order valence-corrected chi connectivity index (χ4v) is 7.28. The summed E-state index contributed by atoms with van der Waals surface area (Å²) in [6, 6.07) is 0. The summed E-state index contributed by atoms with van der Waals surface area (Å²) in [6.07, 6.45) is 17.9. The van der Waals surface area contributed by atoms with E-state index in [0.29, 0.717) is 5.41 Å². The molecule has 4 aliphatic carbocycles. The molecule has 5 rings (SSSR count). The van der Waals surface area contributed by atoms with Gasteiger partial charge in [-0.2, -0.15) is 0 Å². The summed E-state index contributed by atoms with van der Waals surface area (Å²) < 4.78 is 0. The molecule has 1 aliphatic heterocycles. The molecule has 1 spiro atoms. The Morgan fingerprint density at radius 3 is 2.46 bits per heavy atom. The van der Waals surface area contributed by atoms with Gasteiger partial charge in [-0.1, -0.05) is 19.4 Å². The molecule has 24 heavy (non-hydrogen) atoms. The van der Waals surface area contributed by atoms with Crippen molar-refractivity contribution in [2.24, 2.45) is 28.6 Å². The maximum absolute atomic E-state index is 2.84. The Balaban J connectivity index is 1.21. The molecule has 1 saturated heterocycles. The fourth-order valence-electron chi connectivity index (χ4n) is 7.28. The van der Waals surface area contributed by atoms with Crippen LogP contribution in [0.5, 0.6) is 0 Å². The molecule has 0 N–H and O–H groups in total. The van der Waals surface area contributed by atoms with E-state index in [-0.39, 0.29) is 0 Å². The van der Waals surface area contributed by atoms with Crippen LogP contribution in [0.1, 0.15) is 90.9 Å². The Morgan fingerprint density at radius 2 is 1.92 bits per heavy atom. The van der Waals surface area contributed by atoms with Crippen LogP contribution in [0.2, 0.25) is 0 Å². The van der Waals surface area contributed by atoms with Gasteiger partial charge in [0.2, 0.25) is 0 Å². The van der Waals surface area contributed by atoms with Gasteiger partial charge >= 0.3 is 0 Å². The molecule has 0 amide bonds. The van der Waals surface area contributed by atoms with Crippen LogP contribution in [0, 0.1) is 28.6 Å². The van der Waals surface area contributed by atoms with E-state index in [2.05, 4.69) is 18.7 Å². The van der Waals surface area contributed by atoms with E-state index in [1.165, 1.54) is 64.0 Å². The predicted molar refractivity (Wildman–Crippen MR) is 101 cm³/mol. The molecule has 5 aliphatic rings. The Bertz CT molecular complexity index is 536. The lowest BCUT2D eigenvalue weighted by Crippen LogP contribution is -2.53.